The van der Waals surface area contributed by atoms with E-state index in [9.17, 15) is 18.0 Å². The molecule has 1 aliphatic heterocycles. The predicted octanol–water partition coefficient (Wildman–Crippen LogP) is 3.18. The standard InChI is InChI=1S/C17H16F3N3O2/c18-17(19,20)13-4-1-3-12(9-13)16(24)23-8-2-5-14(11-23)25-15-10-21-6-7-22-15/h1,3-4,6-7,9-10,14H,2,5,8,11H2. The predicted molar refractivity (Wildman–Crippen MR) is 83.0 cm³/mol. The van der Waals surface area contributed by atoms with Gasteiger partial charge in [-0.2, -0.15) is 13.2 Å². The second kappa shape index (κ2) is 7.08. The monoisotopic (exact) mass is 351 g/mol. The Morgan fingerprint density at radius 1 is 1.28 bits per heavy atom. The van der Waals surface area contributed by atoms with E-state index >= 15 is 0 Å². The van der Waals surface area contributed by atoms with Crippen LogP contribution in [0, 0.1) is 0 Å². The summed E-state index contributed by atoms with van der Waals surface area (Å²) < 4.78 is 44.2. The van der Waals surface area contributed by atoms with Crippen LogP contribution < -0.4 is 4.74 Å². The summed E-state index contributed by atoms with van der Waals surface area (Å²) in [6.07, 6.45) is 1.21. The number of alkyl halides is 3. The molecule has 1 amide bonds. The Hall–Kier alpha value is -2.64. The summed E-state index contributed by atoms with van der Waals surface area (Å²) in [6.45, 7) is 0.779. The highest BCUT2D eigenvalue weighted by atomic mass is 19.4. The van der Waals surface area contributed by atoms with E-state index in [-0.39, 0.29) is 11.7 Å². The molecule has 1 unspecified atom stereocenters. The Bertz CT molecular complexity index is 737. The number of amides is 1. The maximum absolute atomic E-state index is 12.8. The number of aromatic nitrogens is 2. The van der Waals surface area contributed by atoms with Gasteiger partial charge in [0.15, 0.2) is 0 Å². The van der Waals surface area contributed by atoms with Gasteiger partial charge in [0, 0.05) is 24.5 Å². The zero-order valence-corrected chi connectivity index (χ0v) is 13.2. The van der Waals surface area contributed by atoms with Crippen molar-refractivity contribution < 1.29 is 22.7 Å². The molecule has 1 atom stereocenters. The summed E-state index contributed by atoms with van der Waals surface area (Å²) >= 11 is 0. The highest BCUT2D eigenvalue weighted by Gasteiger charge is 2.32. The summed E-state index contributed by atoms with van der Waals surface area (Å²) in [5, 5.41) is 0. The summed E-state index contributed by atoms with van der Waals surface area (Å²) in [6, 6.07) is 4.47. The zero-order chi connectivity index (χ0) is 17.9. The highest BCUT2D eigenvalue weighted by Crippen LogP contribution is 2.30. The molecule has 1 aromatic carbocycles. The molecule has 0 radical (unpaired) electrons. The van der Waals surface area contributed by atoms with Crippen molar-refractivity contribution in [1.29, 1.82) is 0 Å². The third-order valence-corrected chi connectivity index (χ3v) is 3.93. The molecule has 0 bridgehead atoms. The number of benzene rings is 1. The fourth-order valence-electron chi connectivity index (χ4n) is 2.75. The van der Waals surface area contributed by atoms with Gasteiger partial charge < -0.3 is 9.64 Å². The number of likely N-dealkylation sites (tertiary alicyclic amines) is 1. The highest BCUT2D eigenvalue weighted by molar-refractivity contribution is 5.94. The van der Waals surface area contributed by atoms with Crippen molar-refractivity contribution >= 4 is 5.91 Å². The molecule has 0 N–H and O–H groups in total. The van der Waals surface area contributed by atoms with Crippen LogP contribution in [-0.4, -0.2) is 40.0 Å². The largest absolute Gasteiger partial charge is 0.471 e. The fraction of sp³-hybridized carbons (Fsp3) is 0.353. The van der Waals surface area contributed by atoms with Gasteiger partial charge in [-0.1, -0.05) is 6.07 Å². The van der Waals surface area contributed by atoms with Gasteiger partial charge in [0.2, 0.25) is 5.88 Å². The number of rotatable bonds is 3. The molecule has 25 heavy (non-hydrogen) atoms. The molecule has 2 heterocycles. The van der Waals surface area contributed by atoms with Crippen LogP contribution in [0.1, 0.15) is 28.8 Å². The van der Waals surface area contributed by atoms with Crippen LogP contribution in [0.25, 0.3) is 0 Å². The van der Waals surface area contributed by atoms with E-state index in [4.69, 9.17) is 4.74 Å². The van der Waals surface area contributed by atoms with Crippen LogP contribution in [0.4, 0.5) is 13.2 Å². The third kappa shape index (κ3) is 4.26. The minimum atomic E-state index is -4.48. The quantitative estimate of drug-likeness (QED) is 0.852. The minimum absolute atomic E-state index is 0.0231. The normalized spacial score (nSPS) is 18.0. The van der Waals surface area contributed by atoms with E-state index < -0.39 is 17.6 Å². The lowest BCUT2D eigenvalue weighted by Gasteiger charge is -2.32. The Balaban J connectivity index is 1.70. The number of piperidine rings is 1. The molecular weight excluding hydrogens is 335 g/mol. The number of carbonyl (C=O) groups excluding carboxylic acids is 1. The van der Waals surface area contributed by atoms with Gasteiger partial charge in [0.1, 0.15) is 6.10 Å². The van der Waals surface area contributed by atoms with Gasteiger partial charge in [0.05, 0.1) is 18.3 Å². The summed E-state index contributed by atoms with van der Waals surface area (Å²) in [4.78, 5) is 22.0. The second-order valence-electron chi connectivity index (χ2n) is 5.76. The molecule has 1 aromatic heterocycles. The first-order valence-corrected chi connectivity index (χ1v) is 7.83. The van der Waals surface area contributed by atoms with Gasteiger partial charge in [-0.25, -0.2) is 4.98 Å². The van der Waals surface area contributed by atoms with Gasteiger partial charge >= 0.3 is 6.18 Å². The molecule has 0 saturated carbocycles. The van der Waals surface area contributed by atoms with E-state index in [1.807, 2.05) is 0 Å². The number of ether oxygens (including phenoxy) is 1. The molecule has 1 saturated heterocycles. The molecule has 5 nitrogen and oxygen atoms in total. The van der Waals surface area contributed by atoms with Crippen LogP contribution in [0.2, 0.25) is 0 Å². The smallest absolute Gasteiger partial charge is 0.416 e. The number of carbonyl (C=O) groups is 1. The molecule has 1 fully saturated rings. The van der Waals surface area contributed by atoms with Crippen LogP contribution >= 0.6 is 0 Å². The third-order valence-electron chi connectivity index (χ3n) is 3.93. The van der Waals surface area contributed by atoms with Crippen molar-refractivity contribution in [3.63, 3.8) is 0 Å². The van der Waals surface area contributed by atoms with E-state index in [1.54, 1.807) is 0 Å². The molecule has 0 aliphatic carbocycles. The lowest BCUT2D eigenvalue weighted by Crippen LogP contribution is -2.44. The van der Waals surface area contributed by atoms with E-state index in [2.05, 4.69) is 9.97 Å². The second-order valence-corrected chi connectivity index (χ2v) is 5.76. The van der Waals surface area contributed by atoms with Crippen molar-refractivity contribution in [1.82, 2.24) is 14.9 Å². The molecule has 1 aliphatic rings. The van der Waals surface area contributed by atoms with Gasteiger partial charge in [-0.3, -0.25) is 9.78 Å². The van der Waals surface area contributed by atoms with Crippen molar-refractivity contribution in [2.24, 2.45) is 0 Å². The minimum Gasteiger partial charge on any atom is -0.471 e. The maximum Gasteiger partial charge on any atom is 0.416 e. The van der Waals surface area contributed by atoms with Crippen molar-refractivity contribution in [3.8, 4) is 5.88 Å². The molecule has 0 spiro atoms. The molecule has 132 valence electrons. The first-order valence-electron chi connectivity index (χ1n) is 7.83. The Kier molecular flexibility index (Phi) is 4.87. The van der Waals surface area contributed by atoms with Crippen LogP contribution in [0.15, 0.2) is 42.9 Å². The van der Waals surface area contributed by atoms with E-state index in [0.717, 1.165) is 18.6 Å². The number of nitrogens with zero attached hydrogens (tertiary/aromatic N) is 3. The van der Waals surface area contributed by atoms with Crippen molar-refractivity contribution in [2.75, 3.05) is 13.1 Å². The van der Waals surface area contributed by atoms with Gasteiger partial charge in [0.25, 0.3) is 5.91 Å². The number of hydrogen-bond acceptors (Lipinski definition) is 4. The summed E-state index contributed by atoms with van der Waals surface area (Å²) in [7, 11) is 0. The first kappa shape index (κ1) is 17.2. The molecular formula is C17H16F3N3O2. The number of hydrogen-bond donors (Lipinski definition) is 0. The molecule has 2 aromatic rings. The topological polar surface area (TPSA) is 55.3 Å². The zero-order valence-electron chi connectivity index (χ0n) is 13.2. The Labute approximate surface area is 142 Å². The average molecular weight is 351 g/mol. The van der Waals surface area contributed by atoms with Crippen LogP contribution in [-0.2, 0) is 6.18 Å². The average Bonchev–Trinajstić information content (AvgIpc) is 2.61. The van der Waals surface area contributed by atoms with Crippen molar-refractivity contribution in [2.45, 2.75) is 25.1 Å². The lowest BCUT2D eigenvalue weighted by molar-refractivity contribution is -0.137. The fourth-order valence-corrected chi connectivity index (χ4v) is 2.75. The Morgan fingerprint density at radius 3 is 2.84 bits per heavy atom. The van der Waals surface area contributed by atoms with Gasteiger partial charge in [-0.05, 0) is 31.0 Å². The maximum atomic E-state index is 12.8. The van der Waals surface area contributed by atoms with Gasteiger partial charge in [-0.15, -0.1) is 0 Å². The van der Waals surface area contributed by atoms with E-state index in [1.165, 1.54) is 35.6 Å². The lowest BCUT2D eigenvalue weighted by atomic mass is 10.1. The first-order chi connectivity index (χ1) is 11.9. The molecule has 3 rings (SSSR count). The summed E-state index contributed by atoms with van der Waals surface area (Å²) in [5.74, 6) is -0.0700. The summed E-state index contributed by atoms with van der Waals surface area (Å²) in [5.41, 5.74) is -0.808. The number of halogens is 3. The van der Waals surface area contributed by atoms with E-state index in [0.29, 0.717) is 25.4 Å². The van der Waals surface area contributed by atoms with Crippen molar-refractivity contribution in [3.05, 3.63) is 54.0 Å². The van der Waals surface area contributed by atoms with Crippen LogP contribution in [0.3, 0.4) is 0 Å². The molecule has 8 heteroatoms. The SMILES string of the molecule is O=C(c1cccc(C(F)(F)F)c1)N1CCCC(Oc2cnccn2)C1. The Morgan fingerprint density at radius 2 is 2.12 bits per heavy atom. The van der Waals surface area contributed by atoms with Crippen LogP contribution in [0.5, 0.6) is 5.88 Å².